The molecular formula is C4H4ClN3O. The number of carbonyl (C=O) groups excluding carboxylic acids is 1. The fraction of sp³-hybridized carbons (Fsp3) is 0. The Hall–Kier alpha value is -1.03. The van der Waals surface area contributed by atoms with Gasteiger partial charge >= 0.3 is 6.03 Å². The quantitative estimate of drug-likeness (QED) is 0.577. The molecule has 2 N–H and O–H groups in total. The van der Waals surface area contributed by atoms with Crippen molar-refractivity contribution in [2.75, 3.05) is 0 Å². The largest absolute Gasteiger partial charge is 0.350 e. The van der Waals surface area contributed by atoms with Gasteiger partial charge in [0, 0.05) is 0 Å². The molecule has 0 saturated carbocycles. The Bertz CT molecular complexity index is 231. The van der Waals surface area contributed by atoms with Crippen LogP contribution in [0.1, 0.15) is 0 Å². The smallest absolute Gasteiger partial charge is 0.339 e. The molecule has 0 unspecified atom stereocenters. The van der Waals surface area contributed by atoms with E-state index in [0.29, 0.717) is 5.02 Å². The molecule has 1 rings (SSSR count). The Morgan fingerprint density at radius 1 is 1.89 bits per heavy atom. The van der Waals surface area contributed by atoms with Crippen LogP contribution in [0.15, 0.2) is 12.4 Å². The Morgan fingerprint density at radius 3 is 2.78 bits per heavy atom. The highest BCUT2D eigenvalue weighted by molar-refractivity contribution is 6.30. The zero-order chi connectivity index (χ0) is 6.85. The number of nitrogens with two attached hydrogens (primary N) is 1. The van der Waals surface area contributed by atoms with E-state index in [2.05, 4.69) is 5.10 Å². The highest BCUT2D eigenvalue weighted by Crippen LogP contribution is 2.02. The van der Waals surface area contributed by atoms with Crippen LogP contribution in [-0.4, -0.2) is 15.8 Å². The van der Waals surface area contributed by atoms with Gasteiger partial charge in [0.15, 0.2) is 0 Å². The number of nitrogens with zero attached hydrogens (tertiary/aromatic N) is 2. The summed E-state index contributed by atoms with van der Waals surface area (Å²) in [7, 11) is 0. The van der Waals surface area contributed by atoms with Gasteiger partial charge in [0.1, 0.15) is 0 Å². The molecule has 0 radical (unpaired) electrons. The lowest BCUT2D eigenvalue weighted by molar-refractivity contribution is 0.247. The molecule has 4 nitrogen and oxygen atoms in total. The lowest BCUT2D eigenvalue weighted by atomic mass is 10.7. The fourth-order valence-corrected chi connectivity index (χ4v) is 0.557. The van der Waals surface area contributed by atoms with Crippen molar-refractivity contribution in [2.45, 2.75) is 0 Å². The SMILES string of the molecule is NC(=O)n1cc(Cl)cn1. The first kappa shape index (κ1) is 6.10. The minimum Gasteiger partial charge on any atom is -0.350 e. The topological polar surface area (TPSA) is 60.9 Å². The lowest BCUT2D eigenvalue weighted by Gasteiger charge is -1.87. The van der Waals surface area contributed by atoms with Crippen LogP contribution in [-0.2, 0) is 0 Å². The van der Waals surface area contributed by atoms with Gasteiger partial charge in [0.05, 0.1) is 17.4 Å². The van der Waals surface area contributed by atoms with E-state index in [9.17, 15) is 4.79 Å². The number of hydrogen-bond donors (Lipinski definition) is 1. The molecule has 9 heavy (non-hydrogen) atoms. The molecule has 48 valence electrons. The highest BCUT2D eigenvalue weighted by atomic mass is 35.5. The van der Waals surface area contributed by atoms with Gasteiger partial charge in [-0.15, -0.1) is 0 Å². The van der Waals surface area contributed by atoms with Crippen LogP contribution in [0.2, 0.25) is 5.02 Å². The summed E-state index contributed by atoms with van der Waals surface area (Å²) >= 11 is 5.41. The number of halogens is 1. The van der Waals surface area contributed by atoms with Crippen molar-refractivity contribution < 1.29 is 4.79 Å². The van der Waals surface area contributed by atoms with E-state index in [-0.39, 0.29) is 0 Å². The van der Waals surface area contributed by atoms with Gasteiger partial charge in [0.25, 0.3) is 0 Å². The standard InChI is InChI=1S/C4H4ClN3O/c5-3-1-7-8(2-3)4(6)9/h1-2H,(H2,6,9). The van der Waals surface area contributed by atoms with Gasteiger partial charge in [-0.3, -0.25) is 0 Å². The van der Waals surface area contributed by atoms with E-state index in [4.69, 9.17) is 17.3 Å². The van der Waals surface area contributed by atoms with E-state index < -0.39 is 6.03 Å². The summed E-state index contributed by atoms with van der Waals surface area (Å²) in [5, 5.41) is 3.92. The zero-order valence-corrected chi connectivity index (χ0v) is 5.17. The van der Waals surface area contributed by atoms with E-state index in [1.807, 2.05) is 0 Å². The van der Waals surface area contributed by atoms with Crippen LogP contribution in [0.4, 0.5) is 4.79 Å². The van der Waals surface area contributed by atoms with E-state index in [0.717, 1.165) is 4.68 Å². The van der Waals surface area contributed by atoms with Gasteiger partial charge in [-0.1, -0.05) is 11.6 Å². The summed E-state index contributed by atoms with van der Waals surface area (Å²) in [6, 6.07) is -0.637. The second kappa shape index (κ2) is 2.06. The Labute approximate surface area is 56.2 Å². The first-order chi connectivity index (χ1) is 4.20. The van der Waals surface area contributed by atoms with Crippen LogP contribution in [0, 0.1) is 0 Å². The van der Waals surface area contributed by atoms with Gasteiger partial charge in [-0.25, -0.2) is 4.79 Å². The molecule has 0 atom stereocenters. The van der Waals surface area contributed by atoms with Crippen molar-refractivity contribution in [3.05, 3.63) is 17.4 Å². The average molecular weight is 146 g/mol. The Morgan fingerprint density at radius 2 is 2.56 bits per heavy atom. The van der Waals surface area contributed by atoms with Crippen LogP contribution in [0.3, 0.4) is 0 Å². The monoisotopic (exact) mass is 145 g/mol. The summed E-state index contributed by atoms with van der Waals surface area (Å²) in [5.74, 6) is 0. The molecule has 0 fully saturated rings. The van der Waals surface area contributed by atoms with E-state index in [1.165, 1.54) is 12.4 Å². The lowest BCUT2D eigenvalue weighted by Crippen LogP contribution is -2.19. The highest BCUT2D eigenvalue weighted by Gasteiger charge is 1.97. The third-order valence-electron chi connectivity index (χ3n) is 0.777. The number of aromatic nitrogens is 2. The van der Waals surface area contributed by atoms with Crippen molar-refractivity contribution >= 4 is 17.6 Å². The molecule has 1 heterocycles. The van der Waals surface area contributed by atoms with Gasteiger partial charge in [-0.2, -0.15) is 9.78 Å². The summed E-state index contributed by atoms with van der Waals surface area (Å²) in [6.45, 7) is 0. The van der Waals surface area contributed by atoms with Gasteiger partial charge in [-0.05, 0) is 0 Å². The molecule has 0 aromatic carbocycles. The molecule has 0 aliphatic carbocycles. The zero-order valence-electron chi connectivity index (χ0n) is 4.41. The predicted molar refractivity (Wildman–Crippen MR) is 32.2 cm³/mol. The number of primary amides is 1. The maximum absolute atomic E-state index is 10.3. The normalized spacial score (nSPS) is 9.44. The number of amides is 1. The first-order valence-corrected chi connectivity index (χ1v) is 2.58. The van der Waals surface area contributed by atoms with Crippen LogP contribution in [0.25, 0.3) is 0 Å². The molecule has 0 aliphatic heterocycles. The Balaban J connectivity index is 2.98. The van der Waals surface area contributed by atoms with Crippen molar-refractivity contribution in [1.29, 1.82) is 0 Å². The number of carbonyl (C=O) groups is 1. The summed E-state index contributed by atoms with van der Waals surface area (Å²) in [4.78, 5) is 10.3. The molecule has 1 amide bonds. The van der Waals surface area contributed by atoms with Crippen molar-refractivity contribution in [3.8, 4) is 0 Å². The summed E-state index contributed by atoms with van der Waals surface area (Å²) < 4.78 is 0.961. The van der Waals surface area contributed by atoms with E-state index >= 15 is 0 Å². The number of hydrogen-bond acceptors (Lipinski definition) is 2. The third kappa shape index (κ3) is 1.20. The Kier molecular flexibility index (Phi) is 1.40. The minimum atomic E-state index is -0.637. The molecule has 0 bridgehead atoms. The summed E-state index contributed by atoms with van der Waals surface area (Å²) in [6.07, 6.45) is 2.68. The minimum absolute atomic E-state index is 0.397. The van der Waals surface area contributed by atoms with Crippen LogP contribution < -0.4 is 5.73 Å². The van der Waals surface area contributed by atoms with Crippen LogP contribution >= 0.6 is 11.6 Å². The molecule has 1 aromatic rings. The van der Waals surface area contributed by atoms with Crippen molar-refractivity contribution in [1.82, 2.24) is 9.78 Å². The van der Waals surface area contributed by atoms with E-state index in [1.54, 1.807) is 0 Å². The average Bonchev–Trinajstić information content (AvgIpc) is 2.14. The maximum atomic E-state index is 10.3. The van der Waals surface area contributed by atoms with Gasteiger partial charge in [0.2, 0.25) is 0 Å². The molecular weight excluding hydrogens is 142 g/mol. The maximum Gasteiger partial charge on any atom is 0.339 e. The molecule has 0 aliphatic rings. The molecule has 5 heteroatoms. The second-order valence-corrected chi connectivity index (χ2v) is 1.88. The van der Waals surface area contributed by atoms with Crippen LogP contribution in [0.5, 0.6) is 0 Å². The fourth-order valence-electron chi connectivity index (χ4n) is 0.421. The molecule has 0 spiro atoms. The summed E-state index contributed by atoms with van der Waals surface area (Å²) in [5.41, 5.74) is 4.83. The number of rotatable bonds is 0. The van der Waals surface area contributed by atoms with Crippen molar-refractivity contribution in [2.24, 2.45) is 5.73 Å². The first-order valence-electron chi connectivity index (χ1n) is 2.20. The molecule has 0 saturated heterocycles. The third-order valence-corrected chi connectivity index (χ3v) is 0.972. The molecule has 1 aromatic heterocycles. The predicted octanol–water partition coefficient (Wildman–Crippen LogP) is 0.463. The van der Waals surface area contributed by atoms with Crippen molar-refractivity contribution in [3.63, 3.8) is 0 Å². The van der Waals surface area contributed by atoms with Gasteiger partial charge < -0.3 is 5.73 Å². The second-order valence-electron chi connectivity index (χ2n) is 1.44.